The van der Waals surface area contributed by atoms with E-state index in [1.165, 1.54) is 5.39 Å². The van der Waals surface area contributed by atoms with E-state index in [0.29, 0.717) is 5.56 Å². The number of para-hydroxylation sites is 2. The van der Waals surface area contributed by atoms with Gasteiger partial charge in [-0.2, -0.15) is 0 Å². The summed E-state index contributed by atoms with van der Waals surface area (Å²) in [5, 5.41) is 18.4. The number of rotatable bonds is 3. The molecular formula is C28H18N2O2. The van der Waals surface area contributed by atoms with E-state index in [-0.39, 0.29) is 10.6 Å². The van der Waals surface area contributed by atoms with Crippen molar-refractivity contribution in [2.24, 2.45) is 0 Å². The lowest BCUT2D eigenvalue weighted by atomic mass is 9.91. The minimum Gasteiger partial charge on any atom is -0.323 e. The number of nitrogens with zero attached hydrogens (tertiary/aromatic N) is 2. The predicted molar refractivity (Wildman–Crippen MR) is 130 cm³/mol. The van der Waals surface area contributed by atoms with E-state index < -0.39 is 0 Å². The van der Waals surface area contributed by atoms with Crippen LogP contribution in [0.1, 0.15) is 0 Å². The topological polar surface area (TPSA) is 48.1 Å². The van der Waals surface area contributed by atoms with Gasteiger partial charge in [0.15, 0.2) is 0 Å². The molecule has 6 aromatic rings. The molecule has 6 rings (SSSR count). The van der Waals surface area contributed by atoms with Crippen LogP contribution in [0.2, 0.25) is 0 Å². The summed E-state index contributed by atoms with van der Waals surface area (Å²) in [5.41, 5.74) is 2.69. The van der Waals surface area contributed by atoms with Crippen molar-refractivity contribution in [3.05, 3.63) is 120 Å². The largest absolute Gasteiger partial charge is 0.323 e. The van der Waals surface area contributed by atoms with E-state index in [1.807, 2.05) is 48.5 Å². The number of hydrogen-bond donors (Lipinski definition) is 0. The number of nitro benzene ring substituents is 1. The Morgan fingerprint density at radius 2 is 1.16 bits per heavy atom. The van der Waals surface area contributed by atoms with Crippen LogP contribution < -0.4 is 0 Å². The predicted octanol–water partition coefficient (Wildman–Crippen LogP) is 7.51. The molecule has 0 aliphatic rings. The minimum atomic E-state index is -0.304. The summed E-state index contributed by atoms with van der Waals surface area (Å²) < 4.78 is 2.13. The van der Waals surface area contributed by atoms with Gasteiger partial charge in [-0.1, -0.05) is 72.8 Å². The third kappa shape index (κ3) is 2.70. The number of benzene rings is 5. The maximum Gasteiger partial charge on any atom is 0.277 e. The fourth-order valence-corrected chi connectivity index (χ4v) is 4.72. The van der Waals surface area contributed by atoms with Gasteiger partial charge in [0.05, 0.1) is 10.5 Å². The van der Waals surface area contributed by atoms with Gasteiger partial charge in [-0.25, -0.2) is 0 Å². The highest BCUT2D eigenvalue weighted by Gasteiger charge is 2.19. The highest BCUT2D eigenvalue weighted by atomic mass is 16.6. The van der Waals surface area contributed by atoms with Crippen molar-refractivity contribution >= 4 is 38.0 Å². The normalized spacial score (nSPS) is 11.4. The number of aromatic nitrogens is 1. The maximum absolute atomic E-state index is 11.8. The molecule has 0 saturated carbocycles. The van der Waals surface area contributed by atoms with Crippen molar-refractivity contribution in [3.63, 3.8) is 0 Å². The molecule has 0 fully saturated rings. The van der Waals surface area contributed by atoms with Gasteiger partial charge in [0.2, 0.25) is 0 Å². The Kier molecular flexibility index (Phi) is 4.05. The lowest BCUT2D eigenvalue weighted by molar-refractivity contribution is -0.384. The summed E-state index contributed by atoms with van der Waals surface area (Å²) in [4.78, 5) is 11.5. The van der Waals surface area contributed by atoms with Crippen molar-refractivity contribution in [2.75, 3.05) is 0 Å². The minimum absolute atomic E-state index is 0.115. The highest BCUT2D eigenvalue weighted by molar-refractivity contribution is 6.28. The van der Waals surface area contributed by atoms with Crippen molar-refractivity contribution < 1.29 is 4.92 Å². The van der Waals surface area contributed by atoms with Crippen LogP contribution in [0.5, 0.6) is 0 Å². The van der Waals surface area contributed by atoms with Crippen molar-refractivity contribution in [1.82, 2.24) is 4.57 Å². The van der Waals surface area contributed by atoms with E-state index in [4.69, 9.17) is 0 Å². The molecule has 0 atom stereocenters. The summed E-state index contributed by atoms with van der Waals surface area (Å²) in [5.74, 6) is 0. The molecule has 0 spiro atoms. The highest BCUT2D eigenvalue weighted by Crippen LogP contribution is 2.42. The van der Waals surface area contributed by atoms with Crippen LogP contribution in [0.4, 0.5) is 5.69 Å². The van der Waals surface area contributed by atoms with E-state index in [0.717, 1.165) is 38.2 Å². The quantitative estimate of drug-likeness (QED) is 0.171. The summed E-state index contributed by atoms with van der Waals surface area (Å²) >= 11 is 0. The van der Waals surface area contributed by atoms with Gasteiger partial charge >= 0.3 is 0 Å². The molecule has 0 amide bonds. The first kappa shape index (κ1) is 18.3. The third-order valence-corrected chi connectivity index (χ3v) is 6.11. The molecule has 4 heteroatoms. The lowest BCUT2D eigenvalue weighted by Crippen LogP contribution is -1.92. The second-order valence-electron chi connectivity index (χ2n) is 7.88. The van der Waals surface area contributed by atoms with Crippen LogP contribution in [0.25, 0.3) is 49.1 Å². The second kappa shape index (κ2) is 7.06. The molecule has 4 nitrogen and oxygen atoms in total. The summed E-state index contributed by atoms with van der Waals surface area (Å²) in [6.45, 7) is 0. The molecule has 0 unspecified atom stereocenters. The molecule has 0 N–H and O–H groups in total. The SMILES string of the molecule is O=[N+]([O-])c1ccccc1-c1cccc2c3ccccc3c3cn(-c4ccccc4)cc3c12. The first-order valence-electron chi connectivity index (χ1n) is 10.5. The Morgan fingerprint density at radius 1 is 0.562 bits per heavy atom. The monoisotopic (exact) mass is 414 g/mol. The van der Waals surface area contributed by atoms with Gasteiger partial charge < -0.3 is 4.57 Å². The molecule has 5 aromatic carbocycles. The molecule has 0 saturated heterocycles. The average Bonchev–Trinajstić information content (AvgIpc) is 3.30. The number of nitro groups is 1. The van der Waals surface area contributed by atoms with Crippen LogP contribution in [-0.4, -0.2) is 9.49 Å². The fraction of sp³-hybridized carbons (Fsp3) is 0. The summed E-state index contributed by atoms with van der Waals surface area (Å²) in [6.07, 6.45) is 4.29. The van der Waals surface area contributed by atoms with Crippen molar-refractivity contribution in [3.8, 4) is 16.8 Å². The first-order chi connectivity index (χ1) is 15.7. The van der Waals surface area contributed by atoms with E-state index in [2.05, 4.69) is 53.4 Å². The van der Waals surface area contributed by atoms with Gasteiger partial charge in [0.25, 0.3) is 5.69 Å². The molecule has 0 radical (unpaired) electrons. The molecule has 0 aliphatic carbocycles. The van der Waals surface area contributed by atoms with Crippen LogP contribution in [-0.2, 0) is 0 Å². The van der Waals surface area contributed by atoms with Crippen LogP contribution in [0.15, 0.2) is 109 Å². The Bertz CT molecular complexity index is 1650. The maximum atomic E-state index is 11.8. The van der Waals surface area contributed by atoms with E-state index >= 15 is 0 Å². The number of hydrogen-bond acceptors (Lipinski definition) is 2. The molecule has 0 aliphatic heterocycles. The Hall–Kier alpha value is -4.44. The summed E-state index contributed by atoms with van der Waals surface area (Å²) in [6, 6.07) is 31.6. The van der Waals surface area contributed by atoms with E-state index in [9.17, 15) is 10.1 Å². The lowest BCUT2D eigenvalue weighted by Gasteiger charge is -2.12. The van der Waals surface area contributed by atoms with Crippen molar-refractivity contribution in [2.45, 2.75) is 0 Å². The van der Waals surface area contributed by atoms with Gasteiger partial charge in [0.1, 0.15) is 0 Å². The van der Waals surface area contributed by atoms with E-state index in [1.54, 1.807) is 12.1 Å². The molecular weight excluding hydrogens is 396 g/mol. The molecule has 1 heterocycles. The first-order valence-corrected chi connectivity index (χ1v) is 10.5. The molecule has 0 bridgehead atoms. The zero-order valence-electron chi connectivity index (χ0n) is 17.1. The van der Waals surface area contributed by atoms with Gasteiger partial charge in [-0.05, 0) is 45.3 Å². The zero-order chi connectivity index (χ0) is 21.7. The standard InChI is InChI=1S/C28H18N2O2/c31-30(32)27-16-7-6-13-22(27)24-15-8-14-23-20-11-4-5-12-21(20)25-17-29(18-26(25)28(23)24)19-9-2-1-3-10-19/h1-18H. The third-order valence-electron chi connectivity index (χ3n) is 6.11. The van der Waals surface area contributed by atoms with Crippen LogP contribution >= 0.6 is 0 Å². The average molecular weight is 414 g/mol. The Balaban J connectivity index is 1.81. The number of fused-ring (bicyclic) bond motifs is 6. The molecule has 1 aromatic heterocycles. The molecule has 152 valence electrons. The smallest absolute Gasteiger partial charge is 0.277 e. The van der Waals surface area contributed by atoms with Crippen LogP contribution in [0.3, 0.4) is 0 Å². The second-order valence-corrected chi connectivity index (χ2v) is 7.88. The Morgan fingerprint density at radius 3 is 1.94 bits per heavy atom. The zero-order valence-corrected chi connectivity index (χ0v) is 17.1. The van der Waals surface area contributed by atoms with Crippen molar-refractivity contribution in [1.29, 1.82) is 0 Å². The van der Waals surface area contributed by atoms with Gasteiger partial charge in [0, 0.05) is 34.9 Å². The van der Waals surface area contributed by atoms with Gasteiger partial charge in [-0.3, -0.25) is 10.1 Å². The fourth-order valence-electron chi connectivity index (χ4n) is 4.72. The Labute approximate surface area is 184 Å². The van der Waals surface area contributed by atoms with Crippen LogP contribution in [0, 0.1) is 10.1 Å². The molecule has 32 heavy (non-hydrogen) atoms. The summed E-state index contributed by atoms with van der Waals surface area (Å²) in [7, 11) is 0. The van der Waals surface area contributed by atoms with Gasteiger partial charge in [-0.15, -0.1) is 0 Å².